The number of fused-ring (bicyclic) bond motifs is 1. The molecule has 0 aliphatic heterocycles. The molecule has 0 radical (unpaired) electrons. The molecular formula is C14H11ClN4O5S3. The van der Waals surface area contributed by atoms with Crippen LogP contribution in [0.4, 0.5) is 5.13 Å². The van der Waals surface area contributed by atoms with Gasteiger partial charge in [-0.05, 0) is 18.2 Å². The number of rotatable bonds is 4. The Balaban J connectivity index is 1.95. The monoisotopic (exact) mass is 446 g/mol. The van der Waals surface area contributed by atoms with Gasteiger partial charge in [-0.3, -0.25) is 10.1 Å². The molecule has 0 bridgehead atoms. The predicted molar refractivity (Wildman–Crippen MR) is 101 cm³/mol. The van der Waals surface area contributed by atoms with E-state index in [9.17, 15) is 21.6 Å². The molecule has 3 aromatic rings. The number of halogens is 1. The summed E-state index contributed by atoms with van der Waals surface area (Å²) in [6.07, 6.45) is 3.02. The Morgan fingerprint density at radius 1 is 1.11 bits per heavy atom. The molecular weight excluding hydrogens is 436 g/mol. The van der Waals surface area contributed by atoms with E-state index in [-0.39, 0.29) is 20.7 Å². The molecule has 2 heterocycles. The maximum absolute atomic E-state index is 12.4. The minimum Gasteiger partial charge on any atom is -0.296 e. The van der Waals surface area contributed by atoms with Gasteiger partial charge in [0.1, 0.15) is 0 Å². The SMILES string of the molecule is CS(=O)(=O)c1ccc2nc(NC(=O)c3nc(S(C)(=O)=O)ncc3Cl)sc2c1. The largest absolute Gasteiger partial charge is 0.296 e. The third-order valence-electron chi connectivity index (χ3n) is 3.28. The van der Waals surface area contributed by atoms with Gasteiger partial charge in [0.2, 0.25) is 15.0 Å². The van der Waals surface area contributed by atoms with Gasteiger partial charge in [-0.15, -0.1) is 0 Å². The summed E-state index contributed by atoms with van der Waals surface area (Å²) in [4.78, 5) is 24.0. The van der Waals surface area contributed by atoms with Crippen LogP contribution in [0.3, 0.4) is 0 Å². The highest BCUT2D eigenvalue weighted by Gasteiger charge is 2.20. The zero-order valence-electron chi connectivity index (χ0n) is 13.8. The molecule has 0 fully saturated rings. The fourth-order valence-electron chi connectivity index (χ4n) is 2.03. The highest BCUT2D eigenvalue weighted by atomic mass is 35.5. The fraction of sp³-hybridized carbons (Fsp3) is 0.143. The van der Waals surface area contributed by atoms with E-state index in [1.807, 2.05) is 0 Å². The van der Waals surface area contributed by atoms with Gasteiger partial charge < -0.3 is 0 Å². The van der Waals surface area contributed by atoms with Gasteiger partial charge >= 0.3 is 0 Å². The van der Waals surface area contributed by atoms with Crippen LogP contribution in [-0.4, -0.2) is 50.2 Å². The highest BCUT2D eigenvalue weighted by molar-refractivity contribution is 7.90. The number of sulfone groups is 2. The summed E-state index contributed by atoms with van der Waals surface area (Å²) in [5.41, 5.74) is 0.177. The van der Waals surface area contributed by atoms with Gasteiger partial charge in [0.25, 0.3) is 5.91 Å². The third-order valence-corrected chi connectivity index (χ3v) is 6.46. The van der Waals surface area contributed by atoms with Crippen LogP contribution in [0.25, 0.3) is 10.2 Å². The van der Waals surface area contributed by atoms with Crippen LogP contribution in [0.5, 0.6) is 0 Å². The lowest BCUT2D eigenvalue weighted by molar-refractivity contribution is 0.102. The summed E-state index contributed by atoms with van der Waals surface area (Å²) in [5, 5.41) is 2.00. The highest BCUT2D eigenvalue weighted by Crippen LogP contribution is 2.28. The number of hydrogen-bond acceptors (Lipinski definition) is 9. The second kappa shape index (κ2) is 6.78. The van der Waals surface area contributed by atoms with Crippen molar-refractivity contribution in [3.05, 3.63) is 35.1 Å². The smallest absolute Gasteiger partial charge is 0.277 e. The average Bonchev–Trinajstić information content (AvgIpc) is 2.94. The summed E-state index contributed by atoms with van der Waals surface area (Å²) >= 11 is 6.95. The van der Waals surface area contributed by atoms with E-state index in [0.29, 0.717) is 10.2 Å². The van der Waals surface area contributed by atoms with E-state index in [0.717, 1.165) is 30.0 Å². The molecule has 0 saturated heterocycles. The molecule has 27 heavy (non-hydrogen) atoms. The summed E-state index contributed by atoms with van der Waals surface area (Å²) in [6, 6.07) is 4.40. The Morgan fingerprint density at radius 2 is 1.81 bits per heavy atom. The van der Waals surface area contributed by atoms with E-state index in [1.165, 1.54) is 18.2 Å². The maximum atomic E-state index is 12.4. The van der Waals surface area contributed by atoms with Gasteiger partial charge in [-0.2, -0.15) is 0 Å². The zero-order chi connectivity index (χ0) is 20.0. The third kappa shape index (κ3) is 4.24. The molecule has 2 aromatic heterocycles. The predicted octanol–water partition coefficient (Wildman–Crippen LogP) is 1.80. The number of nitrogens with one attached hydrogen (secondary N) is 1. The lowest BCUT2D eigenvalue weighted by atomic mass is 10.3. The van der Waals surface area contributed by atoms with E-state index in [1.54, 1.807) is 0 Å². The van der Waals surface area contributed by atoms with E-state index in [2.05, 4.69) is 20.3 Å². The molecule has 1 N–H and O–H groups in total. The van der Waals surface area contributed by atoms with Crippen molar-refractivity contribution in [1.29, 1.82) is 0 Å². The molecule has 0 spiro atoms. The molecule has 3 rings (SSSR count). The molecule has 142 valence electrons. The molecule has 0 aliphatic rings. The van der Waals surface area contributed by atoms with E-state index >= 15 is 0 Å². The first-order valence-corrected chi connectivity index (χ1v) is 12.1. The topological polar surface area (TPSA) is 136 Å². The number of thiazole rings is 1. The van der Waals surface area contributed by atoms with Crippen molar-refractivity contribution < 1.29 is 21.6 Å². The van der Waals surface area contributed by atoms with Gasteiger partial charge in [0.15, 0.2) is 20.7 Å². The summed E-state index contributed by atoms with van der Waals surface area (Å²) < 4.78 is 46.9. The van der Waals surface area contributed by atoms with Crippen molar-refractivity contribution in [2.24, 2.45) is 0 Å². The molecule has 0 aliphatic carbocycles. The number of aromatic nitrogens is 3. The van der Waals surface area contributed by atoms with Gasteiger partial charge in [0.05, 0.1) is 26.3 Å². The van der Waals surface area contributed by atoms with Crippen molar-refractivity contribution in [3.63, 3.8) is 0 Å². The van der Waals surface area contributed by atoms with Crippen LogP contribution in [0.2, 0.25) is 5.02 Å². The standard InChI is InChI=1S/C14H11ClN4O5S3/c1-26(21,22)7-3-4-9-10(5-7)25-13(17-9)19-12(20)11-8(15)6-16-14(18-11)27(2,23)24/h3-6H,1-2H3,(H,17,19,20). The van der Waals surface area contributed by atoms with Crippen LogP contribution >= 0.6 is 22.9 Å². The van der Waals surface area contributed by atoms with Crippen molar-refractivity contribution in [2.45, 2.75) is 10.1 Å². The van der Waals surface area contributed by atoms with Crippen molar-refractivity contribution >= 4 is 63.9 Å². The number of amides is 1. The Hall–Kier alpha value is -2.15. The first-order chi connectivity index (χ1) is 12.4. The Labute approximate surface area is 163 Å². The quantitative estimate of drug-likeness (QED) is 0.599. The van der Waals surface area contributed by atoms with Gasteiger partial charge in [-0.1, -0.05) is 22.9 Å². The van der Waals surface area contributed by atoms with Crippen LogP contribution < -0.4 is 5.32 Å². The number of carbonyl (C=O) groups excluding carboxylic acids is 1. The molecule has 0 unspecified atom stereocenters. The zero-order valence-corrected chi connectivity index (χ0v) is 17.0. The molecule has 9 nitrogen and oxygen atoms in total. The fourth-order valence-corrected chi connectivity index (χ4v) is 4.33. The van der Waals surface area contributed by atoms with E-state index in [4.69, 9.17) is 11.6 Å². The summed E-state index contributed by atoms with van der Waals surface area (Å²) in [5.74, 6) is -0.769. The normalized spacial score (nSPS) is 12.3. The minimum atomic E-state index is -3.72. The second-order valence-corrected chi connectivity index (χ2v) is 10.9. The summed E-state index contributed by atoms with van der Waals surface area (Å²) in [6.45, 7) is 0. The molecule has 13 heteroatoms. The number of benzene rings is 1. The minimum absolute atomic E-state index is 0.125. The molecule has 0 atom stereocenters. The number of hydrogen-bond donors (Lipinski definition) is 1. The Bertz CT molecular complexity index is 1290. The Kier molecular flexibility index (Phi) is 4.93. The van der Waals surface area contributed by atoms with Crippen LogP contribution in [-0.2, 0) is 19.7 Å². The van der Waals surface area contributed by atoms with E-state index < -0.39 is 30.7 Å². The second-order valence-electron chi connectivity index (χ2n) is 5.50. The van der Waals surface area contributed by atoms with Gasteiger partial charge in [0, 0.05) is 12.5 Å². The van der Waals surface area contributed by atoms with Gasteiger partial charge in [-0.25, -0.2) is 31.8 Å². The number of nitrogens with zero attached hydrogens (tertiary/aromatic N) is 3. The molecule has 0 saturated carbocycles. The number of anilines is 1. The molecule has 1 amide bonds. The van der Waals surface area contributed by atoms with Crippen molar-refractivity contribution in [1.82, 2.24) is 15.0 Å². The maximum Gasteiger partial charge on any atom is 0.277 e. The molecule has 1 aromatic carbocycles. The van der Waals surface area contributed by atoms with Crippen LogP contribution in [0.1, 0.15) is 10.5 Å². The Morgan fingerprint density at radius 3 is 2.44 bits per heavy atom. The lowest BCUT2D eigenvalue weighted by Gasteiger charge is -2.04. The summed E-state index contributed by atoms with van der Waals surface area (Å²) in [7, 11) is -7.09. The van der Waals surface area contributed by atoms with Crippen LogP contribution in [0, 0.1) is 0 Å². The van der Waals surface area contributed by atoms with Crippen molar-refractivity contribution in [2.75, 3.05) is 17.8 Å². The van der Waals surface area contributed by atoms with Crippen LogP contribution in [0.15, 0.2) is 34.4 Å². The lowest BCUT2D eigenvalue weighted by Crippen LogP contribution is -2.17. The number of carbonyl (C=O) groups is 1. The average molecular weight is 447 g/mol. The first-order valence-electron chi connectivity index (χ1n) is 7.10. The first kappa shape index (κ1) is 19.6. The van der Waals surface area contributed by atoms with Crippen molar-refractivity contribution in [3.8, 4) is 0 Å².